The molecule has 0 saturated heterocycles. The summed E-state index contributed by atoms with van der Waals surface area (Å²) in [5, 5.41) is 19.6. The molecule has 1 heterocycles. The molecule has 0 aliphatic heterocycles. The van der Waals surface area contributed by atoms with Crippen LogP contribution in [0.5, 0.6) is 5.75 Å². The summed E-state index contributed by atoms with van der Waals surface area (Å²) in [4.78, 5) is 13.9. The number of nitrogens with zero attached hydrogens (tertiary/aromatic N) is 3. The highest BCUT2D eigenvalue weighted by Crippen LogP contribution is 2.69. The molecule has 4 saturated carbocycles. The zero-order chi connectivity index (χ0) is 26.9. The number of aromatic nitrogens is 3. The number of methoxy groups -OCH3 is 2. The van der Waals surface area contributed by atoms with Crippen LogP contribution in [0.15, 0.2) is 18.2 Å². The minimum atomic E-state index is -0.542. The first-order valence-electron chi connectivity index (χ1n) is 14.7. The SMILES string of the molecule is COC[C@@H]1C[C@H]2C[C@](C)(O)CC[C@]2(C)C2CC[C@]3(C)[C@@H](C(=O)Cn4nnc5cc(OC)ccc54)CC[C@H]3[C@@H]21. The van der Waals surface area contributed by atoms with Crippen LogP contribution >= 0.6 is 0 Å². The van der Waals surface area contributed by atoms with Gasteiger partial charge in [0.1, 0.15) is 17.8 Å². The summed E-state index contributed by atoms with van der Waals surface area (Å²) >= 11 is 0. The van der Waals surface area contributed by atoms with Crippen LogP contribution in [0.25, 0.3) is 11.0 Å². The van der Waals surface area contributed by atoms with E-state index in [0.717, 1.165) is 68.3 Å². The molecule has 1 unspecified atom stereocenters. The van der Waals surface area contributed by atoms with Crippen LogP contribution in [-0.4, -0.2) is 52.3 Å². The summed E-state index contributed by atoms with van der Waals surface area (Å²) in [5.74, 6) is 3.95. The predicted octanol–water partition coefficient (Wildman–Crippen LogP) is 5.29. The topological polar surface area (TPSA) is 86.5 Å². The molecule has 0 spiro atoms. The molecule has 1 aromatic carbocycles. The lowest BCUT2D eigenvalue weighted by Gasteiger charge is -2.64. The Hall–Kier alpha value is -1.99. The fraction of sp³-hybridized carbons (Fsp3) is 0.774. The first-order chi connectivity index (χ1) is 18.1. The first kappa shape index (κ1) is 26.2. The maximum absolute atomic E-state index is 13.9. The van der Waals surface area contributed by atoms with E-state index >= 15 is 0 Å². The normalized spacial score (nSPS) is 42.4. The number of ketones is 1. The fourth-order valence-electron chi connectivity index (χ4n) is 9.97. The molecule has 208 valence electrons. The Bertz CT molecular complexity index is 1210. The number of carbonyl (C=O) groups excluding carboxylic acids is 1. The lowest BCUT2D eigenvalue weighted by Crippen LogP contribution is -2.59. The zero-order valence-electron chi connectivity index (χ0n) is 23.8. The van der Waals surface area contributed by atoms with E-state index < -0.39 is 5.60 Å². The Kier molecular flexibility index (Phi) is 6.42. The summed E-state index contributed by atoms with van der Waals surface area (Å²) in [6.45, 7) is 8.04. The van der Waals surface area contributed by atoms with Gasteiger partial charge < -0.3 is 14.6 Å². The van der Waals surface area contributed by atoms with Crippen LogP contribution < -0.4 is 4.74 Å². The standard InChI is InChI=1S/C31H45N3O4/c1-29(36)12-13-30(2)20(16-29)14-19(18-37-4)28-23-8-7-22(31(23,3)11-10-24(28)30)27(35)17-34-26-9-6-21(38-5)15-25(26)32-33-34/h6,9,15,19-20,22-24,28,36H,7-8,10-14,16-18H2,1-5H3/t19-,20-,22+,23-,24?,28-,29+,30-,31+/m0/s1. The summed E-state index contributed by atoms with van der Waals surface area (Å²) in [7, 11) is 3.48. The smallest absolute Gasteiger partial charge is 0.157 e. The Labute approximate surface area is 226 Å². The zero-order valence-corrected chi connectivity index (χ0v) is 23.8. The molecule has 38 heavy (non-hydrogen) atoms. The highest BCUT2D eigenvalue weighted by molar-refractivity contribution is 5.84. The molecule has 4 aliphatic carbocycles. The van der Waals surface area contributed by atoms with Crippen molar-refractivity contribution >= 4 is 16.8 Å². The van der Waals surface area contributed by atoms with Crippen molar-refractivity contribution in [3.63, 3.8) is 0 Å². The molecule has 0 amide bonds. The van der Waals surface area contributed by atoms with E-state index in [9.17, 15) is 9.90 Å². The average Bonchev–Trinajstić information content (AvgIpc) is 3.45. The van der Waals surface area contributed by atoms with E-state index in [1.165, 1.54) is 6.42 Å². The van der Waals surface area contributed by atoms with Crippen LogP contribution in [0.4, 0.5) is 0 Å². The number of aliphatic hydroxyl groups is 1. The van der Waals surface area contributed by atoms with Crippen molar-refractivity contribution in [3.05, 3.63) is 18.2 Å². The monoisotopic (exact) mass is 523 g/mol. The second kappa shape index (κ2) is 9.29. The Morgan fingerprint density at radius 1 is 1.08 bits per heavy atom. The molecular formula is C31H45N3O4. The Morgan fingerprint density at radius 3 is 2.63 bits per heavy atom. The lowest BCUT2D eigenvalue weighted by molar-refractivity contribution is -0.175. The van der Waals surface area contributed by atoms with Gasteiger partial charge in [0.2, 0.25) is 0 Å². The number of ether oxygens (including phenoxy) is 2. The second-order valence-electron chi connectivity index (χ2n) is 13.9. The first-order valence-corrected chi connectivity index (χ1v) is 14.7. The molecule has 1 aromatic heterocycles. The third-order valence-corrected chi connectivity index (χ3v) is 11.9. The van der Waals surface area contributed by atoms with Gasteiger partial charge in [-0.05, 0) is 111 Å². The van der Waals surface area contributed by atoms with E-state index in [-0.39, 0.29) is 23.3 Å². The van der Waals surface area contributed by atoms with Crippen LogP contribution in [-0.2, 0) is 16.1 Å². The predicted molar refractivity (Wildman–Crippen MR) is 146 cm³/mol. The van der Waals surface area contributed by atoms with Gasteiger partial charge in [-0.2, -0.15) is 0 Å². The molecule has 1 N–H and O–H groups in total. The number of fused-ring (bicyclic) bond motifs is 6. The van der Waals surface area contributed by atoms with Gasteiger partial charge in [0, 0.05) is 25.7 Å². The summed E-state index contributed by atoms with van der Waals surface area (Å²) in [6, 6.07) is 5.72. The van der Waals surface area contributed by atoms with E-state index in [0.29, 0.717) is 35.4 Å². The fourth-order valence-corrected chi connectivity index (χ4v) is 9.97. The van der Waals surface area contributed by atoms with Crippen molar-refractivity contribution in [1.82, 2.24) is 15.0 Å². The van der Waals surface area contributed by atoms with Gasteiger partial charge in [-0.3, -0.25) is 4.79 Å². The van der Waals surface area contributed by atoms with Crippen molar-refractivity contribution in [2.45, 2.75) is 84.3 Å². The largest absolute Gasteiger partial charge is 0.497 e. The van der Waals surface area contributed by atoms with Crippen molar-refractivity contribution in [1.29, 1.82) is 0 Å². The quantitative estimate of drug-likeness (QED) is 0.554. The van der Waals surface area contributed by atoms with Crippen molar-refractivity contribution < 1.29 is 19.4 Å². The third kappa shape index (κ3) is 4.02. The summed E-state index contributed by atoms with van der Waals surface area (Å²) in [6.07, 6.45) is 8.46. The number of carbonyl (C=O) groups is 1. The number of hydrogen-bond acceptors (Lipinski definition) is 6. The van der Waals surface area contributed by atoms with Crippen LogP contribution in [0.2, 0.25) is 0 Å². The molecule has 4 fully saturated rings. The van der Waals surface area contributed by atoms with Gasteiger partial charge in [-0.15, -0.1) is 5.10 Å². The van der Waals surface area contributed by atoms with E-state index in [2.05, 4.69) is 24.2 Å². The van der Waals surface area contributed by atoms with E-state index in [1.807, 2.05) is 32.2 Å². The van der Waals surface area contributed by atoms with Gasteiger partial charge in [0.25, 0.3) is 0 Å². The van der Waals surface area contributed by atoms with Gasteiger partial charge in [-0.25, -0.2) is 4.68 Å². The van der Waals surface area contributed by atoms with Gasteiger partial charge in [-0.1, -0.05) is 19.1 Å². The van der Waals surface area contributed by atoms with Crippen molar-refractivity contribution in [2.24, 2.45) is 46.3 Å². The minimum Gasteiger partial charge on any atom is -0.497 e. The molecule has 0 bridgehead atoms. The van der Waals surface area contributed by atoms with E-state index in [4.69, 9.17) is 9.47 Å². The maximum Gasteiger partial charge on any atom is 0.157 e. The number of benzene rings is 1. The Morgan fingerprint density at radius 2 is 1.87 bits per heavy atom. The number of Topliss-reactive ketones (excluding diaryl/α,β-unsaturated/α-hetero) is 1. The van der Waals surface area contributed by atoms with Crippen molar-refractivity contribution in [3.8, 4) is 5.75 Å². The molecule has 2 aromatic rings. The third-order valence-electron chi connectivity index (χ3n) is 11.9. The Balaban J connectivity index is 1.25. The molecular weight excluding hydrogens is 478 g/mol. The summed E-state index contributed by atoms with van der Waals surface area (Å²) < 4.78 is 12.9. The molecule has 6 rings (SSSR count). The van der Waals surface area contributed by atoms with Gasteiger partial charge >= 0.3 is 0 Å². The lowest BCUT2D eigenvalue weighted by atomic mass is 9.42. The molecule has 4 aliphatic rings. The van der Waals surface area contributed by atoms with Gasteiger partial charge in [0.05, 0.1) is 18.2 Å². The van der Waals surface area contributed by atoms with Crippen LogP contribution in [0, 0.1) is 46.3 Å². The highest BCUT2D eigenvalue weighted by atomic mass is 16.5. The second-order valence-corrected chi connectivity index (χ2v) is 13.9. The van der Waals surface area contributed by atoms with Crippen LogP contribution in [0.1, 0.15) is 72.1 Å². The average molecular weight is 524 g/mol. The van der Waals surface area contributed by atoms with Crippen LogP contribution in [0.3, 0.4) is 0 Å². The molecule has 7 nitrogen and oxygen atoms in total. The van der Waals surface area contributed by atoms with Crippen molar-refractivity contribution in [2.75, 3.05) is 20.8 Å². The molecule has 0 radical (unpaired) electrons. The number of rotatable bonds is 6. The number of hydrogen-bond donors (Lipinski definition) is 1. The van der Waals surface area contributed by atoms with E-state index in [1.54, 1.807) is 11.8 Å². The minimum absolute atomic E-state index is 0.0210. The maximum atomic E-state index is 13.9. The van der Waals surface area contributed by atoms with Gasteiger partial charge in [0.15, 0.2) is 5.78 Å². The summed E-state index contributed by atoms with van der Waals surface area (Å²) in [5.41, 5.74) is 1.39. The molecule has 9 atom stereocenters. The highest BCUT2D eigenvalue weighted by Gasteiger charge is 2.63. The molecule has 7 heteroatoms.